The van der Waals surface area contributed by atoms with E-state index in [1.807, 2.05) is 0 Å². The first-order chi connectivity index (χ1) is 9.00. The highest BCUT2D eigenvalue weighted by Crippen LogP contribution is 2.23. The number of para-hydroxylation sites is 1. The molecule has 2 N–H and O–H groups in total. The number of sulfonamides is 1. The highest BCUT2D eigenvalue weighted by atomic mass is 32.2. The van der Waals surface area contributed by atoms with Crippen LogP contribution in [0.1, 0.15) is 12.8 Å². The van der Waals surface area contributed by atoms with Gasteiger partial charge < -0.3 is 5.32 Å². The number of nitro groups is 1. The summed E-state index contributed by atoms with van der Waals surface area (Å²) in [6, 6.07) is 5.13. The van der Waals surface area contributed by atoms with E-state index in [-0.39, 0.29) is 10.9 Å². The summed E-state index contributed by atoms with van der Waals surface area (Å²) in [5.74, 6) is 0. The summed E-state index contributed by atoms with van der Waals surface area (Å²) in [5, 5.41) is 13.9. The number of hydrogen-bond donors (Lipinski definition) is 2. The Bertz CT molecular complexity index is 567. The first-order valence-electron chi connectivity index (χ1n) is 5.97. The fraction of sp³-hybridized carbons (Fsp3) is 0.455. The van der Waals surface area contributed by atoms with Crippen LogP contribution in [0, 0.1) is 10.1 Å². The van der Waals surface area contributed by atoms with Crippen LogP contribution < -0.4 is 10.0 Å². The van der Waals surface area contributed by atoms with Crippen LogP contribution in [0.25, 0.3) is 0 Å². The Morgan fingerprint density at radius 2 is 2.11 bits per heavy atom. The van der Waals surface area contributed by atoms with E-state index < -0.39 is 20.6 Å². The van der Waals surface area contributed by atoms with Crippen LogP contribution in [0.15, 0.2) is 29.2 Å². The molecule has 1 aliphatic rings. The number of nitrogens with one attached hydrogen (secondary N) is 2. The van der Waals surface area contributed by atoms with Gasteiger partial charge in [-0.25, -0.2) is 13.1 Å². The standard InChI is InChI=1S/C11H15N3O4S/c15-14(16)10-5-1-2-6-11(10)19(17,18)13-9-4-3-7-12-8-9/h1-2,5-6,9,12-13H,3-4,7-8H2. The lowest BCUT2D eigenvalue weighted by molar-refractivity contribution is -0.387. The molecule has 0 spiro atoms. The molecule has 2 rings (SSSR count). The fourth-order valence-electron chi connectivity index (χ4n) is 2.07. The van der Waals surface area contributed by atoms with Crippen LogP contribution in [0.4, 0.5) is 5.69 Å². The highest BCUT2D eigenvalue weighted by molar-refractivity contribution is 7.89. The number of nitrogens with zero attached hydrogens (tertiary/aromatic N) is 1. The van der Waals surface area contributed by atoms with E-state index in [2.05, 4.69) is 10.0 Å². The largest absolute Gasteiger partial charge is 0.315 e. The molecule has 0 aliphatic carbocycles. The summed E-state index contributed by atoms with van der Waals surface area (Å²) in [6.45, 7) is 1.41. The van der Waals surface area contributed by atoms with Crippen molar-refractivity contribution in [2.75, 3.05) is 13.1 Å². The van der Waals surface area contributed by atoms with E-state index in [1.165, 1.54) is 24.3 Å². The van der Waals surface area contributed by atoms with Crippen molar-refractivity contribution in [2.24, 2.45) is 0 Å². The van der Waals surface area contributed by atoms with Gasteiger partial charge in [-0.1, -0.05) is 12.1 Å². The summed E-state index contributed by atoms with van der Waals surface area (Å²) >= 11 is 0. The molecule has 1 aliphatic heterocycles. The number of rotatable bonds is 4. The van der Waals surface area contributed by atoms with Crippen molar-refractivity contribution < 1.29 is 13.3 Å². The van der Waals surface area contributed by atoms with E-state index in [0.29, 0.717) is 6.54 Å². The van der Waals surface area contributed by atoms with Crippen molar-refractivity contribution in [1.82, 2.24) is 10.0 Å². The molecule has 1 aromatic rings. The van der Waals surface area contributed by atoms with Crippen LogP contribution in [0.2, 0.25) is 0 Å². The SMILES string of the molecule is O=[N+]([O-])c1ccccc1S(=O)(=O)NC1CCCNC1. The molecule has 0 aromatic heterocycles. The molecule has 7 nitrogen and oxygen atoms in total. The first-order valence-corrected chi connectivity index (χ1v) is 7.45. The summed E-state index contributed by atoms with van der Waals surface area (Å²) < 4.78 is 26.9. The third kappa shape index (κ3) is 3.28. The fourth-order valence-corrected chi connectivity index (χ4v) is 3.51. The van der Waals surface area contributed by atoms with Crippen LogP contribution in [0.5, 0.6) is 0 Å². The third-order valence-electron chi connectivity index (χ3n) is 2.97. The minimum atomic E-state index is -3.87. The number of piperidine rings is 1. The number of hydrogen-bond acceptors (Lipinski definition) is 5. The monoisotopic (exact) mass is 285 g/mol. The maximum absolute atomic E-state index is 12.2. The van der Waals surface area contributed by atoms with Gasteiger partial charge in [0, 0.05) is 18.7 Å². The zero-order chi connectivity index (χ0) is 13.9. The van der Waals surface area contributed by atoms with Gasteiger partial charge in [0.05, 0.1) is 4.92 Å². The minimum Gasteiger partial charge on any atom is -0.315 e. The molecule has 1 unspecified atom stereocenters. The van der Waals surface area contributed by atoms with Gasteiger partial charge in [-0.05, 0) is 25.5 Å². The Hall–Kier alpha value is -1.51. The van der Waals surface area contributed by atoms with Gasteiger partial charge in [0.2, 0.25) is 10.0 Å². The molecule has 1 aromatic carbocycles. The van der Waals surface area contributed by atoms with Gasteiger partial charge in [-0.15, -0.1) is 0 Å². The second kappa shape index (κ2) is 5.64. The van der Waals surface area contributed by atoms with E-state index in [4.69, 9.17) is 0 Å². The normalized spacial score (nSPS) is 20.1. The first kappa shape index (κ1) is 13.9. The van der Waals surface area contributed by atoms with E-state index in [1.54, 1.807) is 0 Å². The molecule has 8 heteroatoms. The van der Waals surface area contributed by atoms with Gasteiger partial charge in [0.25, 0.3) is 5.69 Å². The second-order valence-electron chi connectivity index (χ2n) is 4.39. The van der Waals surface area contributed by atoms with Crippen molar-refractivity contribution in [1.29, 1.82) is 0 Å². The Morgan fingerprint density at radius 1 is 1.37 bits per heavy atom. The molecule has 1 atom stereocenters. The van der Waals surface area contributed by atoms with Gasteiger partial charge in [0.15, 0.2) is 4.90 Å². The molecule has 19 heavy (non-hydrogen) atoms. The van der Waals surface area contributed by atoms with Crippen LogP contribution in [0.3, 0.4) is 0 Å². The maximum atomic E-state index is 12.2. The lowest BCUT2D eigenvalue weighted by atomic mass is 10.1. The van der Waals surface area contributed by atoms with Gasteiger partial charge in [-0.2, -0.15) is 0 Å². The molecule has 0 amide bonds. The van der Waals surface area contributed by atoms with Crippen molar-refractivity contribution >= 4 is 15.7 Å². The van der Waals surface area contributed by atoms with Crippen molar-refractivity contribution in [3.8, 4) is 0 Å². The molecule has 0 saturated carbocycles. The van der Waals surface area contributed by atoms with Gasteiger partial charge in [0.1, 0.15) is 0 Å². The Balaban J connectivity index is 2.26. The van der Waals surface area contributed by atoms with Crippen LogP contribution in [-0.4, -0.2) is 32.5 Å². The predicted molar refractivity (Wildman–Crippen MR) is 69.3 cm³/mol. The minimum absolute atomic E-state index is 0.224. The highest BCUT2D eigenvalue weighted by Gasteiger charge is 2.28. The molecule has 1 fully saturated rings. The average molecular weight is 285 g/mol. The molecular formula is C11H15N3O4S. The van der Waals surface area contributed by atoms with Crippen LogP contribution in [-0.2, 0) is 10.0 Å². The molecule has 1 heterocycles. The lowest BCUT2D eigenvalue weighted by Crippen LogP contribution is -2.45. The number of nitro benzene ring substituents is 1. The van der Waals surface area contributed by atoms with E-state index >= 15 is 0 Å². The Kier molecular flexibility index (Phi) is 4.13. The van der Waals surface area contributed by atoms with Gasteiger partial charge in [-0.3, -0.25) is 10.1 Å². The summed E-state index contributed by atoms with van der Waals surface area (Å²) in [4.78, 5) is 9.89. The molecular weight excluding hydrogens is 270 g/mol. The third-order valence-corrected chi connectivity index (χ3v) is 4.54. The van der Waals surface area contributed by atoms with E-state index in [0.717, 1.165) is 19.4 Å². The average Bonchev–Trinajstić information content (AvgIpc) is 2.39. The van der Waals surface area contributed by atoms with Gasteiger partial charge >= 0.3 is 0 Å². The maximum Gasteiger partial charge on any atom is 0.289 e. The quantitative estimate of drug-likeness (QED) is 0.624. The molecule has 1 saturated heterocycles. The predicted octanol–water partition coefficient (Wildman–Crippen LogP) is 0.625. The topological polar surface area (TPSA) is 101 Å². The number of benzene rings is 1. The molecule has 104 valence electrons. The molecule has 0 radical (unpaired) electrons. The lowest BCUT2D eigenvalue weighted by Gasteiger charge is -2.23. The molecule has 0 bridgehead atoms. The Morgan fingerprint density at radius 3 is 2.74 bits per heavy atom. The Labute approximate surface area is 111 Å². The van der Waals surface area contributed by atoms with Crippen molar-refractivity contribution in [3.63, 3.8) is 0 Å². The smallest absolute Gasteiger partial charge is 0.289 e. The zero-order valence-electron chi connectivity index (χ0n) is 10.2. The van der Waals surface area contributed by atoms with E-state index in [9.17, 15) is 18.5 Å². The van der Waals surface area contributed by atoms with Crippen molar-refractivity contribution in [2.45, 2.75) is 23.8 Å². The summed E-state index contributed by atoms with van der Waals surface area (Å²) in [7, 11) is -3.87. The summed E-state index contributed by atoms with van der Waals surface area (Å²) in [5.41, 5.74) is -0.404. The van der Waals surface area contributed by atoms with Crippen LogP contribution >= 0.6 is 0 Å². The summed E-state index contributed by atoms with van der Waals surface area (Å²) in [6.07, 6.45) is 1.61. The van der Waals surface area contributed by atoms with Crippen molar-refractivity contribution in [3.05, 3.63) is 34.4 Å². The second-order valence-corrected chi connectivity index (χ2v) is 6.07. The zero-order valence-corrected chi connectivity index (χ0v) is 11.0.